The van der Waals surface area contributed by atoms with Gasteiger partial charge in [0.05, 0.1) is 29.8 Å². The molecule has 0 saturated carbocycles. The van der Waals surface area contributed by atoms with Crippen LogP contribution in [0.3, 0.4) is 0 Å². The van der Waals surface area contributed by atoms with E-state index >= 15 is 0 Å². The summed E-state index contributed by atoms with van der Waals surface area (Å²) in [6.07, 6.45) is -1.72. The van der Waals surface area contributed by atoms with Gasteiger partial charge in [0.2, 0.25) is 12.1 Å². The number of fused-ring (bicyclic) bond motifs is 5. The van der Waals surface area contributed by atoms with E-state index in [9.17, 15) is 30.0 Å². The topological polar surface area (TPSA) is 134 Å². The third-order valence-electron chi connectivity index (χ3n) is 5.06. The number of carbonyl (C=O) groups is 2. The average Bonchev–Trinajstić information content (AvgIpc) is 3.11. The number of aromatic hydroxyl groups is 3. The maximum atomic E-state index is 12.9. The van der Waals surface area contributed by atoms with Gasteiger partial charge in [-0.05, 0) is 12.1 Å². The molecule has 4 N–H and O–H groups in total. The number of aliphatic hydroxyl groups excluding tert-OH is 1. The molecule has 2 aliphatic heterocycles. The van der Waals surface area contributed by atoms with Gasteiger partial charge in [-0.15, -0.1) is 0 Å². The molecule has 2 heterocycles. The number of carbonyl (C=O) groups excluding carboxylic acids is 2. The average molecular weight is 356 g/mol. The number of phenols is 3. The minimum atomic E-state index is -0.919. The quantitative estimate of drug-likeness (QED) is 0.464. The SMILES string of the molecule is O=C1c2cc(O)cc(O)c2C(=O)c2c1cc1c(c2O)[C@H]2[C@H](OC[C@@H]2O)O1. The minimum absolute atomic E-state index is 0.0288. The van der Waals surface area contributed by atoms with Crippen molar-refractivity contribution in [3.8, 4) is 23.0 Å². The molecule has 0 bridgehead atoms. The van der Waals surface area contributed by atoms with E-state index in [1.807, 2.05) is 0 Å². The Morgan fingerprint density at radius 3 is 2.46 bits per heavy atom. The number of hydrogen-bond donors (Lipinski definition) is 4. The molecular weight excluding hydrogens is 344 g/mol. The molecule has 3 atom stereocenters. The van der Waals surface area contributed by atoms with Crippen LogP contribution in [0, 0.1) is 0 Å². The van der Waals surface area contributed by atoms with Crippen LogP contribution in [0.1, 0.15) is 43.3 Å². The molecular formula is C18H12O8. The molecule has 1 aliphatic carbocycles. The molecule has 0 unspecified atom stereocenters. The van der Waals surface area contributed by atoms with Gasteiger partial charge in [0.25, 0.3) is 0 Å². The Balaban J connectivity index is 1.78. The molecule has 0 radical (unpaired) electrons. The monoisotopic (exact) mass is 356 g/mol. The van der Waals surface area contributed by atoms with Crippen molar-refractivity contribution in [3.05, 3.63) is 46.0 Å². The number of benzene rings is 2. The molecule has 0 amide bonds. The van der Waals surface area contributed by atoms with E-state index in [0.29, 0.717) is 0 Å². The normalized spacial score (nSPS) is 25.3. The molecule has 3 aliphatic rings. The highest BCUT2D eigenvalue weighted by Gasteiger charge is 2.49. The van der Waals surface area contributed by atoms with Crippen LogP contribution in [-0.4, -0.2) is 51.0 Å². The summed E-state index contributed by atoms with van der Waals surface area (Å²) in [6.45, 7) is 0.0288. The van der Waals surface area contributed by atoms with Crippen LogP contribution >= 0.6 is 0 Å². The molecule has 8 nitrogen and oxygen atoms in total. The van der Waals surface area contributed by atoms with Gasteiger partial charge < -0.3 is 29.9 Å². The molecule has 0 aromatic heterocycles. The molecule has 26 heavy (non-hydrogen) atoms. The van der Waals surface area contributed by atoms with Crippen molar-refractivity contribution < 1.29 is 39.5 Å². The van der Waals surface area contributed by atoms with Crippen LogP contribution in [0.5, 0.6) is 23.0 Å². The maximum Gasteiger partial charge on any atom is 0.209 e. The summed E-state index contributed by atoms with van der Waals surface area (Å²) in [6, 6.07) is 3.36. The summed E-state index contributed by atoms with van der Waals surface area (Å²) in [5.74, 6) is -3.28. The van der Waals surface area contributed by atoms with Gasteiger partial charge in [0.1, 0.15) is 23.0 Å². The van der Waals surface area contributed by atoms with E-state index in [1.165, 1.54) is 6.07 Å². The van der Waals surface area contributed by atoms with Gasteiger partial charge >= 0.3 is 0 Å². The van der Waals surface area contributed by atoms with Crippen LogP contribution in [0.25, 0.3) is 0 Å². The molecule has 1 saturated heterocycles. The highest BCUT2D eigenvalue weighted by molar-refractivity contribution is 6.30. The van der Waals surface area contributed by atoms with Crippen molar-refractivity contribution in [2.24, 2.45) is 0 Å². The summed E-state index contributed by atoms with van der Waals surface area (Å²) in [4.78, 5) is 25.7. The van der Waals surface area contributed by atoms with Crippen molar-refractivity contribution >= 4 is 11.6 Å². The lowest BCUT2D eigenvalue weighted by Gasteiger charge is -2.21. The molecule has 8 heteroatoms. The van der Waals surface area contributed by atoms with Gasteiger partial charge in [0, 0.05) is 22.8 Å². The van der Waals surface area contributed by atoms with Crippen molar-refractivity contribution in [1.29, 1.82) is 0 Å². The van der Waals surface area contributed by atoms with E-state index in [-0.39, 0.29) is 45.9 Å². The van der Waals surface area contributed by atoms with Crippen molar-refractivity contribution in [2.45, 2.75) is 18.3 Å². The second-order valence-corrected chi connectivity index (χ2v) is 6.52. The number of phenolic OH excluding ortho intramolecular Hbond substituents is 3. The first kappa shape index (κ1) is 15.2. The lowest BCUT2D eigenvalue weighted by atomic mass is 9.80. The summed E-state index contributed by atoms with van der Waals surface area (Å²) < 4.78 is 10.9. The maximum absolute atomic E-state index is 12.9. The Kier molecular flexibility index (Phi) is 2.77. The van der Waals surface area contributed by atoms with Gasteiger partial charge in [-0.1, -0.05) is 0 Å². The van der Waals surface area contributed by atoms with E-state index < -0.39 is 41.4 Å². The Labute approximate surface area is 145 Å². The number of hydrogen-bond acceptors (Lipinski definition) is 8. The molecule has 2 aromatic rings. The summed E-state index contributed by atoms with van der Waals surface area (Å²) in [5.41, 5.74) is -0.589. The fourth-order valence-corrected chi connectivity index (χ4v) is 3.93. The fourth-order valence-electron chi connectivity index (χ4n) is 3.93. The van der Waals surface area contributed by atoms with Crippen LogP contribution < -0.4 is 4.74 Å². The lowest BCUT2D eigenvalue weighted by Crippen LogP contribution is -2.22. The molecule has 132 valence electrons. The van der Waals surface area contributed by atoms with Gasteiger partial charge in [-0.2, -0.15) is 0 Å². The third kappa shape index (κ3) is 1.69. The van der Waals surface area contributed by atoms with Crippen molar-refractivity contribution in [3.63, 3.8) is 0 Å². The first-order chi connectivity index (χ1) is 12.4. The Bertz CT molecular complexity index is 1020. The summed E-state index contributed by atoms with van der Waals surface area (Å²) in [5, 5.41) is 40.5. The zero-order valence-corrected chi connectivity index (χ0v) is 13.1. The zero-order valence-electron chi connectivity index (χ0n) is 13.1. The standard InChI is InChI=1S/C18H12O8/c19-5-1-6-11(8(20)2-5)16(23)12-7(15(6)22)3-10-14(17(12)24)13-9(21)4-25-18(13)26-10/h1-3,9,13,18-21,24H,4H2/t9-,13-,18+/m0/s1. The van der Waals surface area contributed by atoms with E-state index in [4.69, 9.17) is 9.47 Å². The van der Waals surface area contributed by atoms with Gasteiger partial charge in [0.15, 0.2) is 5.78 Å². The largest absolute Gasteiger partial charge is 0.508 e. The summed E-state index contributed by atoms with van der Waals surface area (Å²) >= 11 is 0. The molecule has 0 spiro atoms. The number of aliphatic hydroxyl groups is 1. The molecule has 2 aromatic carbocycles. The highest BCUT2D eigenvalue weighted by Crippen LogP contribution is 2.52. The van der Waals surface area contributed by atoms with E-state index in [0.717, 1.165) is 12.1 Å². The van der Waals surface area contributed by atoms with Crippen LogP contribution in [0.15, 0.2) is 18.2 Å². The van der Waals surface area contributed by atoms with E-state index in [2.05, 4.69) is 0 Å². The highest BCUT2D eigenvalue weighted by atomic mass is 16.7. The zero-order chi connectivity index (χ0) is 18.3. The van der Waals surface area contributed by atoms with Crippen LogP contribution in [-0.2, 0) is 4.74 Å². The Hall–Kier alpha value is -3.10. The minimum Gasteiger partial charge on any atom is -0.508 e. The number of rotatable bonds is 0. The Morgan fingerprint density at radius 2 is 1.69 bits per heavy atom. The van der Waals surface area contributed by atoms with Gasteiger partial charge in [-0.25, -0.2) is 0 Å². The molecule has 5 rings (SSSR count). The number of ether oxygens (including phenoxy) is 2. The smallest absolute Gasteiger partial charge is 0.209 e. The van der Waals surface area contributed by atoms with Crippen LogP contribution in [0.2, 0.25) is 0 Å². The van der Waals surface area contributed by atoms with Crippen molar-refractivity contribution in [2.75, 3.05) is 6.61 Å². The Morgan fingerprint density at radius 1 is 0.962 bits per heavy atom. The lowest BCUT2D eigenvalue weighted by molar-refractivity contribution is -0.0348. The third-order valence-corrected chi connectivity index (χ3v) is 5.06. The van der Waals surface area contributed by atoms with Gasteiger partial charge in [-0.3, -0.25) is 9.59 Å². The first-order valence-electron chi connectivity index (χ1n) is 7.90. The van der Waals surface area contributed by atoms with Crippen molar-refractivity contribution in [1.82, 2.24) is 0 Å². The second kappa shape index (κ2) is 4.75. The molecule has 1 fully saturated rings. The fraction of sp³-hybridized carbons (Fsp3) is 0.222. The number of ketones is 2. The predicted molar refractivity (Wildman–Crippen MR) is 83.9 cm³/mol. The van der Waals surface area contributed by atoms with E-state index in [1.54, 1.807) is 0 Å². The second-order valence-electron chi connectivity index (χ2n) is 6.52. The van der Waals surface area contributed by atoms with Crippen LogP contribution in [0.4, 0.5) is 0 Å². The first-order valence-corrected chi connectivity index (χ1v) is 7.90. The predicted octanol–water partition coefficient (Wildman–Crippen LogP) is 0.772. The summed E-state index contributed by atoms with van der Waals surface area (Å²) in [7, 11) is 0.